The van der Waals surface area contributed by atoms with Crippen molar-refractivity contribution in [1.29, 1.82) is 0 Å². The van der Waals surface area contributed by atoms with Crippen LogP contribution in [0, 0.1) is 0 Å². The van der Waals surface area contributed by atoms with E-state index < -0.39 is 0 Å². The fourth-order valence-corrected chi connectivity index (χ4v) is 1.67. The van der Waals surface area contributed by atoms with Gasteiger partial charge in [-0.1, -0.05) is 12.2 Å². The average molecular weight is 202 g/mol. The summed E-state index contributed by atoms with van der Waals surface area (Å²) in [6.07, 6.45) is 0. The summed E-state index contributed by atoms with van der Waals surface area (Å²) >= 11 is 6.42. The van der Waals surface area contributed by atoms with Crippen molar-refractivity contribution >= 4 is 28.5 Å². The first-order valence-corrected chi connectivity index (χ1v) is 4.77. The van der Waals surface area contributed by atoms with Crippen LogP contribution in [-0.2, 0) is 4.74 Å². The lowest BCUT2D eigenvalue weighted by atomic mass is 10.1. The molecule has 1 rings (SSSR count). The van der Waals surface area contributed by atoms with Crippen LogP contribution in [0.25, 0.3) is 0 Å². The van der Waals surface area contributed by atoms with Crippen LogP contribution >= 0.6 is 23.6 Å². The van der Waals surface area contributed by atoms with Crippen molar-refractivity contribution < 1.29 is 4.74 Å². The van der Waals surface area contributed by atoms with Crippen LogP contribution in [-0.4, -0.2) is 23.7 Å². The largest absolute Gasteiger partial charge is 0.393 e. The zero-order valence-corrected chi connectivity index (χ0v) is 8.32. The maximum atomic E-state index is 5.53. The lowest BCUT2D eigenvalue weighted by Gasteiger charge is -2.10. The minimum absolute atomic E-state index is 0.0451. The lowest BCUT2D eigenvalue weighted by Crippen LogP contribution is -2.23. The Labute approximate surface area is 80.6 Å². The third-order valence-electron chi connectivity index (χ3n) is 1.49. The molecule has 0 spiro atoms. The molecule has 66 valence electrons. The Morgan fingerprint density at radius 3 is 3.08 bits per heavy atom. The van der Waals surface area contributed by atoms with Crippen LogP contribution in [0.1, 0.15) is 11.6 Å². The summed E-state index contributed by atoms with van der Waals surface area (Å²) in [5, 5.41) is 1.93. The summed E-state index contributed by atoms with van der Waals surface area (Å²) in [7, 11) is 1.62. The van der Waals surface area contributed by atoms with Crippen LogP contribution in [0.5, 0.6) is 0 Å². The van der Waals surface area contributed by atoms with Gasteiger partial charge in [0.25, 0.3) is 0 Å². The van der Waals surface area contributed by atoms with E-state index in [4.69, 9.17) is 22.7 Å². The molecule has 0 fully saturated rings. The van der Waals surface area contributed by atoms with Gasteiger partial charge in [0.15, 0.2) is 0 Å². The Hall–Kier alpha value is -0.520. The number of aromatic nitrogens is 1. The maximum absolute atomic E-state index is 5.53. The van der Waals surface area contributed by atoms with E-state index in [9.17, 15) is 0 Å². The number of rotatable bonds is 4. The van der Waals surface area contributed by atoms with Gasteiger partial charge in [0.1, 0.15) is 0 Å². The smallest absolute Gasteiger partial charge is 0.0843 e. The molecule has 0 aliphatic rings. The number of nitrogens with two attached hydrogens (primary N) is 1. The molecule has 0 radical (unpaired) electrons. The van der Waals surface area contributed by atoms with Gasteiger partial charge < -0.3 is 10.5 Å². The molecule has 1 unspecified atom stereocenters. The minimum atomic E-state index is -0.0451. The average Bonchev–Trinajstić information content (AvgIpc) is 2.51. The SMILES string of the molecule is COCC(C(N)=S)c1cscn1. The molecule has 1 atom stereocenters. The van der Waals surface area contributed by atoms with E-state index in [0.29, 0.717) is 11.6 Å². The molecule has 0 aliphatic carbocycles. The second-order valence-electron chi connectivity index (χ2n) is 2.32. The first kappa shape index (κ1) is 9.57. The molecule has 0 aliphatic heterocycles. The zero-order chi connectivity index (χ0) is 8.97. The van der Waals surface area contributed by atoms with Crippen molar-refractivity contribution in [1.82, 2.24) is 4.98 Å². The molecule has 0 saturated heterocycles. The number of methoxy groups -OCH3 is 1. The highest BCUT2D eigenvalue weighted by Crippen LogP contribution is 2.15. The number of ether oxygens (including phenoxy) is 1. The van der Waals surface area contributed by atoms with Gasteiger partial charge in [-0.15, -0.1) is 11.3 Å². The predicted molar refractivity (Wildman–Crippen MR) is 53.5 cm³/mol. The number of thiocarbonyl (C=S) groups is 1. The third-order valence-corrected chi connectivity index (χ3v) is 2.37. The molecule has 0 bridgehead atoms. The van der Waals surface area contributed by atoms with Crippen molar-refractivity contribution in [3.63, 3.8) is 0 Å². The van der Waals surface area contributed by atoms with Gasteiger partial charge in [-0.2, -0.15) is 0 Å². The molecule has 0 amide bonds. The summed E-state index contributed by atoms with van der Waals surface area (Å²) in [4.78, 5) is 4.56. The van der Waals surface area contributed by atoms with E-state index in [1.165, 1.54) is 11.3 Å². The first-order valence-electron chi connectivity index (χ1n) is 3.42. The summed E-state index contributed by atoms with van der Waals surface area (Å²) < 4.78 is 4.99. The fraction of sp³-hybridized carbons (Fsp3) is 0.429. The number of hydrogen-bond donors (Lipinski definition) is 1. The van der Waals surface area contributed by atoms with Crippen molar-refractivity contribution in [2.45, 2.75) is 5.92 Å². The highest BCUT2D eigenvalue weighted by atomic mass is 32.1. The first-order chi connectivity index (χ1) is 5.75. The Morgan fingerprint density at radius 2 is 2.67 bits per heavy atom. The molecular weight excluding hydrogens is 192 g/mol. The van der Waals surface area contributed by atoms with Gasteiger partial charge in [-0.25, -0.2) is 4.98 Å². The van der Waals surface area contributed by atoms with Crippen molar-refractivity contribution in [2.24, 2.45) is 5.73 Å². The van der Waals surface area contributed by atoms with Crippen LogP contribution < -0.4 is 5.73 Å². The fourth-order valence-electron chi connectivity index (χ4n) is 0.874. The van der Waals surface area contributed by atoms with Crippen LogP contribution in [0.15, 0.2) is 10.9 Å². The summed E-state index contributed by atoms with van der Waals surface area (Å²) in [6, 6.07) is 0. The van der Waals surface area contributed by atoms with Gasteiger partial charge in [-0.3, -0.25) is 0 Å². The Morgan fingerprint density at radius 1 is 1.92 bits per heavy atom. The van der Waals surface area contributed by atoms with E-state index >= 15 is 0 Å². The van der Waals surface area contributed by atoms with E-state index in [1.807, 2.05) is 5.38 Å². The standard InChI is InChI=1S/C7H10N2OS2/c1-10-2-5(7(8)11)6-3-12-4-9-6/h3-5H,2H2,1H3,(H2,8,11). The van der Waals surface area contributed by atoms with Gasteiger partial charge >= 0.3 is 0 Å². The Bertz CT molecular complexity index is 248. The summed E-state index contributed by atoms with van der Waals surface area (Å²) in [5.41, 5.74) is 8.19. The molecule has 3 nitrogen and oxygen atoms in total. The quantitative estimate of drug-likeness (QED) is 0.744. The topological polar surface area (TPSA) is 48.1 Å². The van der Waals surface area contributed by atoms with Crippen LogP contribution in [0.4, 0.5) is 0 Å². The molecule has 1 heterocycles. The third kappa shape index (κ3) is 2.23. The van der Waals surface area contributed by atoms with E-state index in [-0.39, 0.29) is 5.92 Å². The second kappa shape index (κ2) is 4.49. The highest BCUT2D eigenvalue weighted by Gasteiger charge is 2.15. The molecule has 5 heteroatoms. The monoisotopic (exact) mass is 202 g/mol. The molecule has 0 aromatic carbocycles. The van der Waals surface area contributed by atoms with Gasteiger partial charge in [-0.05, 0) is 0 Å². The van der Waals surface area contributed by atoms with Gasteiger partial charge in [0.2, 0.25) is 0 Å². The molecule has 12 heavy (non-hydrogen) atoms. The number of nitrogens with zero attached hydrogens (tertiary/aromatic N) is 1. The molecule has 1 aromatic rings. The Kier molecular flexibility index (Phi) is 3.58. The summed E-state index contributed by atoms with van der Waals surface area (Å²) in [6.45, 7) is 0.499. The molecule has 2 N–H and O–H groups in total. The predicted octanol–water partition coefficient (Wildman–Crippen LogP) is 1.16. The summed E-state index contributed by atoms with van der Waals surface area (Å²) in [5.74, 6) is -0.0451. The minimum Gasteiger partial charge on any atom is -0.393 e. The van der Waals surface area contributed by atoms with Gasteiger partial charge in [0.05, 0.1) is 28.7 Å². The van der Waals surface area contributed by atoms with E-state index in [2.05, 4.69) is 4.98 Å². The lowest BCUT2D eigenvalue weighted by molar-refractivity contribution is 0.195. The second-order valence-corrected chi connectivity index (χ2v) is 3.51. The van der Waals surface area contributed by atoms with Crippen LogP contribution in [0.2, 0.25) is 0 Å². The Balaban J connectivity index is 2.73. The maximum Gasteiger partial charge on any atom is 0.0843 e. The molecule has 1 aromatic heterocycles. The van der Waals surface area contributed by atoms with Crippen molar-refractivity contribution in [3.05, 3.63) is 16.6 Å². The van der Waals surface area contributed by atoms with Crippen molar-refractivity contribution in [3.8, 4) is 0 Å². The van der Waals surface area contributed by atoms with Crippen LogP contribution in [0.3, 0.4) is 0 Å². The van der Waals surface area contributed by atoms with E-state index in [0.717, 1.165) is 5.69 Å². The number of thiazole rings is 1. The van der Waals surface area contributed by atoms with Gasteiger partial charge in [0, 0.05) is 12.5 Å². The zero-order valence-electron chi connectivity index (χ0n) is 6.69. The normalized spacial score (nSPS) is 12.8. The highest BCUT2D eigenvalue weighted by molar-refractivity contribution is 7.80. The van der Waals surface area contributed by atoms with Crippen molar-refractivity contribution in [2.75, 3.05) is 13.7 Å². The molecular formula is C7H10N2OS2. The molecule has 0 saturated carbocycles. The number of hydrogen-bond acceptors (Lipinski definition) is 4. The van der Waals surface area contributed by atoms with E-state index in [1.54, 1.807) is 12.6 Å².